The maximum Gasteiger partial charge on any atom is 0.181 e. The van der Waals surface area contributed by atoms with Crippen LogP contribution in [0.2, 0.25) is 0 Å². The van der Waals surface area contributed by atoms with Gasteiger partial charge in [0.1, 0.15) is 17.7 Å². The van der Waals surface area contributed by atoms with Gasteiger partial charge in [0, 0.05) is 5.25 Å². The fourth-order valence-corrected chi connectivity index (χ4v) is 3.75. The number of benzene rings is 1. The largest absolute Gasteiger partial charge is 0.330 e. The molecule has 1 aliphatic carbocycles. The molecule has 0 bridgehead atoms. The Bertz CT molecular complexity index is 753. The number of rotatable bonds is 2. The van der Waals surface area contributed by atoms with Gasteiger partial charge in [0.25, 0.3) is 0 Å². The Labute approximate surface area is 118 Å². The second-order valence-electron chi connectivity index (χ2n) is 4.79. The van der Waals surface area contributed by atoms with Crippen molar-refractivity contribution < 1.29 is 4.39 Å². The Hall–Kier alpha value is -1.95. The molecule has 0 radical (unpaired) electrons. The smallest absolute Gasteiger partial charge is 0.181 e. The highest BCUT2D eigenvalue weighted by Gasteiger charge is 2.25. The third-order valence-electron chi connectivity index (χ3n) is 3.52. The molecule has 0 amide bonds. The van der Waals surface area contributed by atoms with Crippen molar-refractivity contribution in [2.24, 2.45) is 0 Å². The fourth-order valence-electron chi connectivity index (χ4n) is 2.59. The summed E-state index contributed by atoms with van der Waals surface area (Å²) in [5.74, 6) is -0.174. The van der Waals surface area contributed by atoms with Gasteiger partial charge >= 0.3 is 0 Å². The minimum Gasteiger partial charge on any atom is -0.330 e. The van der Waals surface area contributed by atoms with Gasteiger partial charge in [-0.25, -0.2) is 19.3 Å². The Morgan fingerprint density at radius 3 is 3.20 bits per heavy atom. The highest BCUT2D eigenvalue weighted by Crippen LogP contribution is 2.44. The quantitative estimate of drug-likeness (QED) is 0.785. The Morgan fingerprint density at radius 1 is 1.35 bits per heavy atom. The van der Waals surface area contributed by atoms with Crippen LogP contribution in [0.5, 0.6) is 0 Å². The van der Waals surface area contributed by atoms with Crippen molar-refractivity contribution in [1.29, 1.82) is 0 Å². The van der Waals surface area contributed by atoms with Gasteiger partial charge in [-0.3, -0.25) is 0 Å². The lowest BCUT2D eigenvalue weighted by atomic mass is 10.1. The molecule has 1 N–H and O–H groups in total. The number of nitrogens with one attached hydrogen (secondary N) is 1. The summed E-state index contributed by atoms with van der Waals surface area (Å²) in [6.45, 7) is 0. The molecule has 1 unspecified atom stereocenters. The first-order chi connectivity index (χ1) is 9.79. The van der Waals surface area contributed by atoms with Crippen molar-refractivity contribution in [2.45, 2.75) is 23.2 Å². The number of thioether (sulfide) groups is 1. The molecule has 4 nitrogen and oxygen atoms in total. The molecule has 20 heavy (non-hydrogen) atoms. The van der Waals surface area contributed by atoms with E-state index in [4.69, 9.17) is 0 Å². The number of H-pyrrole nitrogens is 1. The van der Waals surface area contributed by atoms with Gasteiger partial charge in [-0.2, -0.15) is 0 Å². The summed E-state index contributed by atoms with van der Waals surface area (Å²) >= 11 is 1.63. The molecule has 1 aliphatic rings. The van der Waals surface area contributed by atoms with Crippen LogP contribution in [0.3, 0.4) is 0 Å². The van der Waals surface area contributed by atoms with Gasteiger partial charge in [-0.05, 0) is 36.1 Å². The van der Waals surface area contributed by atoms with Crippen molar-refractivity contribution >= 4 is 22.9 Å². The molecular weight excluding hydrogens is 275 g/mol. The normalized spacial score (nSPS) is 17.6. The van der Waals surface area contributed by atoms with Crippen molar-refractivity contribution in [3.63, 3.8) is 0 Å². The molecule has 4 rings (SSSR count). The second kappa shape index (κ2) is 4.56. The maximum atomic E-state index is 13.4. The van der Waals surface area contributed by atoms with Gasteiger partial charge in [0.05, 0.1) is 6.20 Å². The average Bonchev–Trinajstić information content (AvgIpc) is 3.03. The second-order valence-corrected chi connectivity index (χ2v) is 5.98. The van der Waals surface area contributed by atoms with E-state index in [1.165, 1.54) is 18.0 Å². The summed E-state index contributed by atoms with van der Waals surface area (Å²) in [5, 5.41) is 1.05. The number of imidazole rings is 1. The van der Waals surface area contributed by atoms with Crippen LogP contribution in [0.1, 0.15) is 22.8 Å². The number of hydrogen-bond donors (Lipinski definition) is 1. The van der Waals surface area contributed by atoms with Gasteiger partial charge in [-0.1, -0.05) is 17.8 Å². The van der Waals surface area contributed by atoms with Gasteiger partial charge in [0.15, 0.2) is 10.8 Å². The minimum atomic E-state index is -0.174. The van der Waals surface area contributed by atoms with Gasteiger partial charge in [-0.15, -0.1) is 0 Å². The summed E-state index contributed by atoms with van der Waals surface area (Å²) in [6, 6.07) is 5.06. The van der Waals surface area contributed by atoms with E-state index in [0.717, 1.165) is 29.1 Å². The monoisotopic (exact) mass is 286 g/mol. The first kappa shape index (κ1) is 11.8. The zero-order valence-electron chi connectivity index (χ0n) is 10.5. The van der Waals surface area contributed by atoms with E-state index in [2.05, 4.69) is 19.9 Å². The number of aryl methyl sites for hydroxylation is 1. The molecule has 0 saturated heterocycles. The predicted octanol–water partition coefficient (Wildman–Crippen LogP) is 3.27. The van der Waals surface area contributed by atoms with Crippen molar-refractivity contribution in [3.05, 3.63) is 47.7 Å². The lowest BCUT2D eigenvalue weighted by Crippen LogP contribution is -1.90. The molecule has 0 saturated carbocycles. The van der Waals surface area contributed by atoms with Crippen LogP contribution in [-0.2, 0) is 6.42 Å². The molecule has 100 valence electrons. The minimum absolute atomic E-state index is 0.174. The number of aromatic nitrogens is 4. The van der Waals surface area contributed by atoms with Crippen LogP contribution in [0, 0.1) is 5.82 Å². The predicted molar refractivity (Wildman–Crippen MR) is 75.0 cm³/mol. The van der Waals surface area contributed by atoms with Crippen LogP contribution in [0.25, 0.3) is 11.2 Å². The highest BCUT2D eigenvalue weighted by atomic mass is 32.2. The van der Waals surface area contributed by atoms with E-state index in [-0.39, 0.29) is 11.1 Å². The summed E-state index contributed by atoms with van der Waals surface area (Å²) in [5.41, 5.74) is 3.81. The number of aromatic amines is 1. The molecule has 3 aromatic rings. The SMILES string of the molecule is Fc1ccc2c(c1)C(Sc1nc3ncncc3[nH]1)CC2. The fraction of sp³-hybridized carbons (Fsp3) is 0.214. The third kappa shape index (κ3) is 1.96. The molecule has 2 heterocycles. The van der Waals surface area contributed by atoms with E-state index < -0.39 is 0 Å². The summed E-state index contributed by atoms with van der Waals surface area (Å²) in [7, 11) is 0. The van der Waals surface area contributed by atoms with Gasteiger partial charge < -0.3 is 4.98 Å². The standard InChI is InChI=1S/C14H11FN4S/c15-9-3-1-8-2-4-12(10(8)5-9)20-14-18-11-6-16-7-17-13(11)19-14/h1,3,5-7,12H,2,4H2,(H,16,17,18,19). The molecule has 6 heteroatoms. The van der Waals surface area contributed by atoms with Crippen LogP contribution in [-0.4, -0.2) is 19.9 Å². The molecule has 0 spiro atoms. The van der Waals surface area contributed by atoms with Gasteiger partial charge in [0.2, 0.25) is 0 Å². The van der Waals surface area contributed by atoms with Crippen molar-refractivity contribution in [2.75, 3.05) is 0 Å². The summed E-state index contributed by atoms with van der Waals surface area (Å²) < 4.78 is 13.4. The third-order valence-corrected chi connectivity index (χ3v) is 4.72. The van der Waals surface area contributed by atoms with E-state index in [0.29, 0.717) is 5.65 Å². The first-order valence-corrected chi connectivity index (χ1v) is 7.28. The van der Waals surface area contributed by atoms with E-state index >= 15 is 0 Å². The average molecular weight is 286 g/mol. The van der Waals surface area contributed by atoms with E-state index in [9.17, 15) is 4.39 Å². The lowest BCUT2D eigenvalue weighted by Gasteiger charge is -2.08. The number of fused-ring (bicyclic) bond motifs is 2. The zero-order chi connectivity index (χ0) is 13.5. The Kier molecular flexibility index (Phi) is 2.70. The number of halogens is 1. The number of nitrogens with zero attached hydrogens (tertiary/aromatic N) is 3. The molecular formula is C14H11FN4S. The topological polar surface area (TPSA) is 54.5 Å². The highest BCUT2D eigenvalue weighted by molar-refractivity contribution is 7.99. The Balaban J connectivity index is 1.66. The molecule has 1 atom stereocenters. The first-order valence-electron chi connectivity index (χ1n) is 6.40. The summed E-state index contributed by atoms with van der Waals surface area (Å²) in [6.07, 6.45) is 5.19. The van der Waals surface area contributed by atoms with E-state index in [1.807, 2.05) is 6.07 Å². The Morgan fingerprint density at radius 2 is 2.30 bits per heavy atom. The van der Waals surface area contributed by atoms with Crippen LogP contribution in [0.15, 0.2) is 35.9 Å². The summed E-state index contributed by atoms with van der Waals surface area (Å²) in [4.78, 5) is 15.7. The molecule has 0 fully saturated rings. The zero-order valence-corrected chi connectivity index (χ0v) is 11.3. The molecule has 0 aliphatic heterocycles. The lowest BCUT2D eigenvalue weighted by molar-refractivity contribution is 0.625. The van der Waals surface area contributed by atoms with Crippen LogP contribution in [0.4, 0.5) is 4.39 Å². The van der Waals surface area contributed by atoms with Crippen LogP contribution >= 0.6 is 11.8 Å². The van der Waals surface area contributed by atoms with Crippen molar-refractivity contribution in [3.8, 4) is 0 Å². The van der Waals surface area contributed by atoms with Crippen LogP contribution < -0.4 is 0 Å². The molecule has 1 aromatic carbocycles. The van der Waals surface area contributed by atoms with Crippen molar-refractivity contribution in [1.82, 2.24) is 19.9 Å². The molecule has 2 aromatic heterocycles. The van der Waals surface area contributed by atoms with E-state index in [1.54, 1.807) is 24.0 Å². The number of hydrogen-bond acceptors (Lipinski definition) is 4. The maximum absolute atomic E-state index is 13.4.